The van der Waals surface area contributed by atoms with Crippen LogP contribution >= 0.6 is 11.3 Å². The largest absolute Gasteiger partial charge is 0.395 e. The molecule has 3 heterocycles. The van der Waals surface area contributed by atoms with E-state index in [1.54, 1.807) is 11.3 Å². The van der Waals surface area contributed by atoms with E-state index in [0.717, 1.165) is 41.1 Å². The highest BCUT2D eigenvalue weighted by atomic mass is 32.1. The van der Waals surface area contributed by atoms with Crippen molar-refractivity contribution < 1.29 is 5.11 Å². The Labute approximate surface area is 140 Å². The van der Waals surface area contributed by atoms with Crippen LogP contribution in [0.2, 0.25) is 0 Å². The van der Waals surface area contributed by atoms with Crippen molar-refractivity contribution in [3.05, 3.63) is 28.7 Å². The van der Waals surface area contributed by atoms with Crippen molar-refractivity contribution in [1.82, 2.24) is 19.9 Å². The number of nitrogens with one attached hydrogen (secondary N) is 1. The molecule has 1 fully saturated rings. The predicted molar refractivity (Wildman–Crippen MR) is 92.2 cm³/mol. The average Bonchev–Trinajstić information content (AvgIpc) is 2.92. The lowest BCUT2D eigenvalue weighted by molar-refractivity contribution is 0.114. The van der Waals surface area contributed by atoms with E-state index in [0.29, 0.717) is 6.54 Å². The summed E-state index contributed by atoms with van der Waals surface area (Å²) in [5, 5.41) is 15.4. The zero-order chi connectivity index (χ0) is 16.2. The molecule has 2 N–H and O–H groups in total. The van der Waals surface area contributed by atoms with Gasteiger partial charge in [-0.3, -0.25) is 4.90 Å². The highest BCUT2D eigenvalue weighted by Gasteiger charge is 2.25. The van der Waals surface area contributed by atoms with E-state index in [2.05, 4.69) is 25.2 Å². The summed E-state index contributed by atoms with van der Waals surface area (Å²) in [6.45, 7) is 5.79. The number of piperidine rings is 1. The Hall–Kier alpha value is -1.57. The molecule has 0 spiro atoms. The van der Waals surface area contributed by atoms with Crippen molar-refractivity contribution in [2.24, 2.45) is 0 Å². The molecule has 0 amide bonds. The third-order valence-corrected chi connectivity index (χ3v) is 4.93. The van der Waals surface area contributed by atoms with Gasteiger partial charge in [0.2, 0.25) is 0 Å². The van der Waals surface area contributed by atoms with E-state index >= 15 is 0 Å². The minimum Gasteiger partial charge on any atom is -0.395 e. The fraction of sp³-hybridized carbons (Fsp3) is 0.562. The van der Waals surface area contributed by atoms with Crippen LogP contribution in [0, 0.1) is 13.8 Å². The highest BCUT2D eigenvalue weighted by Crippen LogP contribution is 2.31. The number of aryl methyl sites for hydroxylation is 2. The number of likely N-dealkylation sites (tertiary alicyclic amines) is 1. The number of hydrogen-bond donors (Lipinski definition) is 2. The molecule has 23 heavy (non-hydrogen) atoms. The summed E-state index contributed by atoms with van der Waals surface area (Å²) in [4.78, 5) is 15.9. The summed E-state index contributed by atoms with van der Waals surface area (Å²) in [5.41, 5.74) is 2.03. The van der Waals surface area contributed by atoms with Gasteiger partial charge in [0.15, 0.2) is 5.13 Å². The van der Waals surface area contributed by atoms with Crippen molar-refractivity contribution in [2.75, 3.05) is 25.0 Å². The van der Waals surface area contributed by atoms with E-state index in [9.17, 15) is 5.11 Å². The fourth-order valence-electron chi connectivity index (χ4n) is 3.07. The average molecular weight is 333 g/mol. The summed E-state index contributed by atoms with van der Waals surface area (Å²) < 4.78 is 0. The zero-order valence-electron chi connectivity index (χ0n) is 13.6. The molecule has 6 nitrogen and oxygen atoms in total. The lowest BCUT2D eigenvalue weighted by atomic mass is 9.99. The number of nitrogens with zero attached hydrogens (tertiary/aromatic N) is 4. The molecule has 0 bridgehead atoms. The van der Waals surface area contributed by atoms with Gasteiger partial charge in [-0.1, -0.05) is 6.42 Å². The highest BCUT2D eigenvalue weighted by molar-refractivity contribution is 7.13. The Morgan fingerprint density at radius 1 is 1.30 bits per heavy atom. The summed E-state index contributed by atoms with van der Waals surface area (Å²) >= 11 is 1.57. The Morgan fingerprint density at radius 2 is 2.17 bits per heavy atom. The smallest absolute Gasteiger partial charge is 0.188 e. The van der Waals surface area contributed by atoms with Crippen LogP contribution in [0.4, 0.5) is 10.9 Å². The van der Waals surface area contributed by atoms with Gasteiger partial charge in [-0.25, -0.2) is 15.0 Å². The first-order valence-electron chi connectivity index (χ1n) is 8.05. The molecular weight excluding hydrogens is 310 g/mol. The van der Waals surface area contributed by atoms with Crippen LogP contribution in [-0.4, -0.2) is 44.7 Å². The lowest BCUT2D eigenvalue weighted by Gasteiger charge is -2.35. The van der Waals surface area contributed by atoms with Crippen LogP contribution in [0.5, 0.6) is 0 Å². The molecule has 1 aliphatic rings. The molecular formula is C16H23N5OS. The van der Waals surface area contributed by atoms with E-state index in [1.165, 1.54) is 12.8 Å². The third kappa shape index (κ3) is 4.04. The molecule has 0 unspecified atom stereocenters. The van der Waals surface area contributed by atoms with Crippen molar-refractivity contribution >= 4 is 22.3 Å². The van der Waals surface area contributed by atoms with Gasteiger partial charge in [-0.2, -0.15) is 0 Å². The topological polar surface area (TPSA) is 74.2 Å². The SMILES string of the molecule is Cc1csc(Nc2cc([C@H]3CCCCN3CCO)nc(C)n2)n1. The Balaban J connectivity index is 1.84. The Morgan fingerprint density at radius 3 is 2.91 bits per heavy atom. The standard InChI is InChI=1S/C16H23N5OS/c1-11-10-23-16(17-11)20-15-9-13(18-12(2)19-15)14-5-3-4-6-21(14)7-8-22/h9-10,14,22H,3-8H2,1-2H3,(H,17,18,19,20)/t14-/m1/s1. The van der Waals surface area contributed by atoms with Gasteiger partial charge < -0.3 is 10.4 Å². The van der Waals surface area contributed by atoms with E-state index in [1.807, 2.05) is 25.3 Å². The third-order valence-electron chi connectivity index (χ3n) is 4.05. The number of hydrogen-bond acceptors (Lipinski definition) is 7. The van der Waals surface area contributed by atoms with Gasteiger partial charge in [0.25, 0.3) is 0 Å². The number of aliphatic hydroxyl groups excluding tert-OH is 1. The van der Waals surface area contributed by atoms with Crippen LogP contribution in [0.3, 0.4) is 0 Å². The summed E-state index contributed by atoms with van der Waals surface area (Å²) in [5.74, 6) is 1.55. The molecule has 0 aromatic carbocycles. The summed E-state index contributed by atoms with van der Waals surface area (Å²) in [6, 6.07) is 2.28. The number of rotatable bonds is 5. The van der Waals surface area contributed by atoms with Crippen molar-refractivity contribution in [3.8, 4) is 0 Å². The molecule has 0 radical (unpaired) electrons. The first-order valence-corrected chi connectivity index (χ1v) is 8.93. The van der Waals surface area contributed by atoms with Gasteiger partial charge in [-0.05, 0) is 33.2 Å². The lowest BCUT2D eigenvalue weighted by Crippen LogP contribution is -2.36. The second-order valence-electron chi connectivity index (χ2n) is 5.92. The number of aromatic nitrogens is 3. The number of thiazole rings is 1. The monoisotopic (exact) mass is 333 g/mol. The molecule has 2 aromatic heterocycles. The van der Waals surface area contributed by atoms with Gasteiger partial charge >= 0.3 is 0 Å². The van der Waals surface area contributed by atoms with Crippen LogP contribution in [-0.2, 0) is 0 Å². The molecule has 0 aliphatic carbocycles. The molecule has 1 aliphatic heterocycles. The van der Waals surface area contributed by atoms with Crippen molar-refractivity contribution in [2.45, 2.75) is 39.2 Å². The first kappa shape index (κ1) is 16.3. The fourth-order valence-corrected chi connectivity index (χ4v) is 3.76. The van der Waals surface area contributed by atoms with Gasteiger partial charge in [0.05, 0.1) is 24.0 Å². The first-order chi connectivity index (χ1) is 11.2. The maximum Gasteiger partial charge on any atom is 0.188 e. The number of β-amino-alcohol motifs (C(OH)–C–C–N with tert-alkyl or cyclic N) is 1. The zero-order valence-corrected chi connectivity index (χ0v) is 14.4. The van der Waals surface area contributed by atoms with E-state index < -0.39 is 0 Å². The van der Waals surface area contributed by atoms with Crippen LogP contribution in [0.1, 0.15) is 42.5 Å². The summed E-state index contributed by atoms with van der Waals surface area (Å²) in [7, 11) is 0. The molecule has 124 valence electrons. The molecule has 1 saturated heterocycles. The van der Waals surface area contributed by atoms with Gasteiger partial charge in [0.1, 0.15) is 11.6 Å². The second kappa shape index (κ2) is 7.33. The van der Waals surface area contributed by atoms with Gasteiger partial charge in [-0.15, -0.1) is 11.3 Å². The van der Waals surface area contributed by atoms with Crippen LogP contribution < -0.4 is 5.32 Å². The molecule has 2 aromatic rings. The molecule has 1 atom stereocenters. The molecule has 0 saturated carbocycles. The molecule has 7 heteroatoms. The maximum absolute atomic E-state index is 9.30. The van der Waals surface area contributed by atoms with Crippen molar-refractivity contribution in [1.29, 1.82) is 0 Å². The Bertz CT molecular complexity index is 658. The van der Waals surface area contributed by atoms with Crippen LogP contribution in [0.15, 0.2) is 11.4 Å². The minimum absolute atomic E-state index is 0.185. The quantitative estimate of drug-likeness (QED) is 0.876. The minimum atomic E-state index is 0.185. The summed E-state index contributed by atoms with van der Waals surface area (Å²) in [6.07, 6.45) is 3.46. The molecule has 3 rings (SSSR count). The van der Waals surface area contributed by atoms with Gasteiger partial charge in [0, 0.05) is 18.0 Å². The second-order valence-corrected chi connectivity index (χ2v) is 6.77. The normalized spacial score (nSPS) is 19.0. The Kier molecular flexibility index (Phi) is 5.20. The van der Waals surface area contributed by atoms with Crippen molar-refractivity contribution in [3.63, 3.8) is 0 Å². The van der Waals surface area contributed by atoms with Crippen LogP contribution in [0.25, 0.3) is 0 Å². The predicted octanol–water partition coefficient (Wildman–Crippen LogP) is 2.81. The maximum atomic E-state index is 9.30. The number of aliphatic hydroxyl groups is 1. The number of anilines is 2. The van der Waals surface area contributed by atoms with E-state index in [-0.39, 0.29) is 12.6 Å². The van der Waals surface area contributed by atoms with E-state index in [4.69, 9.17) is 0 Å².